The summed E-state index contributed by atoms with van der Waals surface area (Å²) >= 11 is 3.46. The first-order valence-electron chi connectivity index (χ1n) is 14.9. The average Bonchev–Trinajstić information content (AvgIpc) is 3.02. The van der Waals surface area contributed by atoms with Crippen LogP contribution in [0.2, 0.25) is 0 Å². The lowest BCUT2D eigenvalue weighted by atomic mass is 10.0. The number of nitrogens with one attached hydrogen (secondary N) is 1. The van der Waals surface area contributed by atoms with Crippen LogP contribution in [0.3, 0.4) is 0 Å². The molecule has 0 aromatic heterocycles. The number of sulfonamides is 1. The number of aryl methyl sites for hydroxylation is 1. The van der Waals surface area contributed by atoms with Crippen LogP contribution >= 0.6 is 15.9 Å². The van der Waals surface area contributed by atoms with Gasteiger partial charge in [0.05, 0.1) is 17.7 Å². The van der Waals surface area contributed by atoms with Crippen molar-refractivity contribution in [2.45, 2.75) is 57.1 Å². The van der Waals surface area contributed by atoms with Crippen LogP contribution in [0.1, 0.15) is 37.5 Å². The van der Waals surface area contributed by atoms with Crippen molar-refractivity contribution < 1.29 is 22.7 Å². The Morgan fingerprint density at radius 2 is 1.52 bits per heavy atom. The second kappa shape index (κ2) is 15.0. The number of ether oxygens (including phenoxy) is 1. The highest BCUT2D eigenvalue weighted by molar-refractivity contribution is 9.10. The SMILES string of the molecule is COc1cccc(N(CC(=O)N(Cc2ccc(Br)cc2)[C@H](Cc2ccccc2)C(=O)NC(C)(C)C)S(=O)(=O)c2ccc(C)cc2)c1. The predicted octanol–water partition coefficient (Wildman–Crippen LogP) is 6.52. The average molecular weight is 707 g/mol. The van der Waals surface area contributed by atoms with Gasteiger partial charge in [0, 0.05) is 29.0 Å². The molecule has 2 amide bonds. The molecule has 0 bridgehead atoms. The van der Waals surface area contributed by atoms with Gasteiger partial charge in [0.1, 0.15) is 18.3 Å². The van der Waals surface area contributed by atoms with Crippen molar-refractivity contribution in [3.63, 3.8) is 0 Å². The Labute approximate surface area is 280 Å². The van der Waals surface area contributed by atoms with Crippen molar-refractivity contribution in [1.82, 2.24) is 10.2 Å². The van der Waals surface area contributed by atoms with Crippen LogP contribution in [-0.4, -0.2) is 50.4 Å². The Kier molecular flexibility index (Phi) is 11.3. The molecule has 8 nitrogen and oxygen atoms in total. The van der Waals surface area contributed by atoms with E-state index in [1.54, 1.807) is 36.4 Å². The Bertz CT molecular complexity index is 1740. The molecule has 0 saturated heterocycles. The van der Waals surface area contributed by atoms with Crippen LogP contribution in [-0.2, 0) is 32.6 Å². The Balaban J connectivity index is 1.83. The van der Waals surface area contributed by atoms with Crippen LogP contribution < -0.4 is 14.4 Å². The minimum Gasteiger partial charge on any atom is -0.497 e. The number of amides is 2. The molecule has 0 aliphatic carbocycles. The van der Waals surface area contributed by atoms with E-state index in [1.165, 1.54) is 24.1 Å². The summed E-state index contributed by atoms with van der Waals surface area (Å²) < 4.78 is 35.8. The molecule has 0 radical (unpaired) electrons. The number of nitrogens with zero attached hydrogens (tertiary/aromatic N) is 2. The van der Waals surface area contributed by atoms with Gasteiger partial charge < -0.3 is 15.0 Å². The van der Waals surface area contributed by atoms with Gasteiger partial charge in [-0.3, -0.25) is 13.9 Å². The van der Waals surface area contributed by atoms with Crippen LogP contribution in [0.15, 0.2) is 112 Å². The van der Waals surface area contributed by atoms with Gasteiger partial charge in [0.25, 0.3) is 10.0 Å². The Morgan fingerprint density at radius 3 is 2.13 bits per heavy atom. The first-order valence-corrected chi connectivity index (χ1v) is 17.1. The third-order valence-corrected chi connectivity index (χ3v) is 9.58. The summed E-state index contributed by atoms with van der Waals surface area (Å²) in [6, 6.07) is 29.0. The fourth-order valence-corrected chi connectivity index (χ4v) is 6.60. The normalized spacial score (nSPS) is 12.2. The summed E-state index contributed by atoms with van der Waals surface area (Å²) in [6.07, 6.45) is 0.231. The molecule has 0 aliphatic rings. The maximum atomic E-state index is 14.6. The minimum absolute atomic E-state index is 0.0412. The number of hydrogen-bond acceptors (Lipinski definition) is 5. The molecule has 0 heterocycles. The number of hydrogen-bond donors (Lipinski definition) is 1. The maximum absolute atomic E-state index is 14.6. The molecule has 10 heteroatoms. The molecule has 242 valence electrons. The fraction of sp³-hybridized carbons (Fsp3) is 0.278. The van der Waals surface area contributed by atoms with Crippen molar-refractivity contribution in [2.24, 2.45) is 0 Å². The van der Waals surface area contributed by atoms with Crippen molar-refractivity contribution in [2.75, 3.05) is 18.0 Å². The third-order valence-electron chi connectivity index (χ3n) is 7.26. The molecule has 4 aromatic carbocycles. The molecule has 0 aliphatic heterocycles. The summed E-state index contributed by atoms with van der Waals surface area (Å²) in [5, 5.41) is 3.04. The van der Waals surface area contributed by atoms with Crippen LogP contribution in [0.5, 0.6) is 5.75 Å². The molecule has 1 N–H and O–H groups in total. The summed E-state index contributed by atoms with van der Waals surface area (Å²) in [5.74, 6) is -0.435. The lowest BCUT2D eigenvalue weighted by Crippen LogP contribution is -2.56. The van der Waals surface area contributed by atoms with E-state index in [0.717, 1.165) is 25.5 Å². The zero-order valence-corrected chi connectivity index (χ0v) is 29.1. The highest BCUT2D eigenvalue weighted by Gasteiger charge is 2.35. The Hall–Kier alpha value is -4.15. The fourth-order valence-electron chi connectivity index (χ4n) is 4.93. The van der Waals surface area contributed by atoms with Gasteiger partial charge in [-0.15, -0.1) is 0 Å². The first-order chi connectivity index (χ1) is 21.8. The minimum atomic E-state index is -4.21. The van der Waals surface area contributed by atoms with Crippen LogP contribution in [0.4, 0.5) is 5.69 Å². The van der Waals surface area contributed by atoms with E-state index >= 15 is 0 Å². The number of rotatable bonds is 12. The van der Waals surface area contributed by atoms with Gasteiger partial charge in [-0.2, -0.15) is 0 Å². The number of benzene rings is 4. The molecule has 0 saturated carbocycles. The van der Waals surface area contributed by atoms with Crippen molar-refractivity contribution >= 4 is 43.5 Å². The topological polar surface area (TPSA) is 96.0 Å². The van der Waals surface area contributed by atoms with Crippen LogP contribution in [0, 0.1) is 6.92 Å². The van der Waals surface area contributed by atoms with E-state index in [1.807, 2.05) is 82.3 Å². The first kappa shape index (κ1) is 34.7. The predicted molar refractivity (Wildman–Crippen MR) is 185 cm³/mol. The van der Waals surface area contributed by atoms with E-state index in [-0.39, 0.29) is 29.5 Å². The maximum Gasteiger partial charge on any atom is 0.264 e. The molecule has 0 fully saturated rings. The van der Waals surface area contributed by atoms with Crippen LogP contribution in [0.25, 0.3) is 0 Å². The van der Waals surface area contributed by atoms with E-state index in [2.05, 4.69) is 21.2 Å². The van der Waals surface area contributed by atoms with Gasteiger partial charge in [-0.25, -0.2) is 8.42 Å². The lowest BCUT2D eigenvalue weighted by molar-refractivity contribution is -0.140. The zero-order valence-electron chi connectivity index (χ0n) is 26.7. The summed E-state index contributed by atoms with van der Waals surface area (Å²) in [7, 11) is -2.72. The monoisotopic (exact) mass is 705 g/mol. The van der Waals surface area contributed by atoms with Crippen molar-refractivity contribution in [3.05, 3.63) is 124 Å². The smallest absolute Gasteiger partial charge is 0.264 e. The number of carbonyl (C=O) groups is 2. The molecule has 4 aromatic rings. The highest BCUT2D eigenvalue weighted by Crippen LogP contribution is 2.28. The molecule has 0 unspecified atom stereocenters. The number of anilines is 1. The molecule has 46 heavy (non-hydrogen) atoms. The number of carbonyl (C=O) groups excluding carboxylic acids is 2. The molecular weight excluding hydrogens is 666 g/mol. The summed E-state index contributed by atoms with van der Waals surface area (Å²) in [5.41, 5.74) is 2.24. The largest absolute Gasteiger partial charge is 0.497 e. The van der Waals surface area contributed by atoms with E-state index in [4.69, 9.17) is 4.74 Å². The van der Waals surface area contributed by atoms with Crippen molar-refractivity contribution in [3.8, 4) is 5.75 Å². The zero-order chi connectivity index (χ0) is 33.5. The molecule has 1 atom stereocenters. The quantitative estimate of drug-likeness (QED) is 0.181. The molecule has 4 rings (SSSR count). The van der Waals surface area contributed by atoms with Gasteiger partial charge in [0.2, 0.25) is 11.8 Å². The van der Waals surface area contributed by atoms with Gasteiger partial charge in [-0.05, 0) is 75.2 Å². The number of halogens is 1. The van der Waals surface area contributed by atoms with E-state index in [9.17, 15) is 18.0 Å². The highest BCUT2D eigenvalue weighted by atomic mass is 79.9. The third kappa shape index (κ3) is 9.20. The molecular formula is C36H40BrN3O5S. The van der Waals surface area contributed by atoms with E-state index in [0.29, 0.717) is 5.75 Å². The second-order valence-electron chi connectivity index (χ2n) is 12.1. The van der Waals surface area contributed by atoms with Gasteiger partial charge >= 0.3 is 0 Å². The number of methoxy groups -OCH3 is 1. The summed E-state index contributed by atoms with van der Waals surface area (Å²) in [4.78, 5) is 30.1. The van der Waals surface area contributed by atoms with Gasteiger partial charge in [0.15, 0.2) is 0 Å². The van der Waals surface area contributed by atoms with E-state index < -0.39 is 34.1 Å². The van der Waals surface area contributed by atoms with Gasteiger partial charge in [-0.1, -0.05) is 82.2 Å². The second-order valence-corrected chi connectivity index (χ2v) is 14.9. The summed E-state index contributed by atoms with van der Waals surface area (Å²) in [6.45, 7) is 7.04. The lowest BCUT2D eigenvalue weighted by Gasteiger charge is -2.35. The van der Waals surface area contributed by atoms with Crippen molar-refractivity contribution in [1.29, 1.82) is 0 Å². The standard InChI is InChI=1S/C36H40BrN3O5S/c1-26-14-20-32(21-15-26)46(43,44)40(30-12-9-13-31(23-30)45-5)25-34(41)39(24-28-16-18-29(37)19-17-28)33(35(42)38-36(2,3)4)22-27-10-7-6-8-11-27/h6-21,23,33H,22,24-25H2,1-5H3,(H,38,42)/t33-/m1/s1. The molecule has 0 spiro atoms. The Morgan fingerprint density at radius 1 is 0.870 bits per heavy atom.